The molecule has 3 rings (SSSR count). The van der Waals surface area contributed by atoms with E-state index >= 15 is 0 Å². The van der Waals surface area contributed by atoms with Crippen LogP contribution in [0.3, 0.4) is 0 Å². The first kappa shape index (κ1) is 23.1. The van der Waals surface area contributed by atoms with Gasteiger partial charge in [0.2, 0.25) is 0 Å². The van der Waals surface area contributed by atoms with Crippen molar-refractivity contribution in [1.82, 2.24) is 9.47 Å². The van der Waals surface area contributed by atoms with Crippen molar-refractivity contribution in [3.63, 3.8) is 0 Å². The summed E-state index contributed by atoms with van der Waals surface area (Å²) in [5.41, 5.74) is 0.422. The zero-order valence-electron chi connectivity index (χ0n) is 18.7. The molecule has 1 aliphatic heterocycles. The lowest BCUT2D eigenvalue weighted by molar-refractivity contribution is 0.0272. The molecule has 1 aromatic carbocycles. The maximum atomic E-state index is 14.2. The minimum absolute atomic E-state index is 0.157. The van der Waals surface area contributed by atoms with Gasteiger partial charge in [-0.25, -0.2) is 14.0 Å². The molecule has 0 atom stereocenters. The number of ether oxygens (including phenoxy) is 2. The summed E-state index contributed by atoms with van der Waals surface area (Å²) in [4.78, 5) is 27.0. The molecule has 0 saturated carbocycles. The largest absolute Gasteiger partial charge is 0.444 e. The fourth-order valence-electron chi connectivity index (χ4n) is 3.39. The number of carbonyl (C=O) groups excluding carboxylic acids is 2. The van der Waals surface area contributed by atoms with Gasteiger partial charge in [-0.15, -0.1) is 0 Å². The average Bonchev–Trinajstić information content (AvgIpc) is 3.02. The maximum Gasteiger partial charge on any atom is 0.419 e. The molecule has 0 N–H and O–H groups in total. The second kappa shape index (κ2) is 8.19. The van der Waals surface area contributed by atoms with Crippen LogP contribution < -0.4 is 0 Å². The van der Waals surface area contributed by atoms with E-state index in [9.17, 15) is 14.0 Å². The molecule has 2 aromatic rings. The Labute approximate surface area is 186 Å². The van der Waals surface area contributed by atoms with Crippen LogP contribution >= 0.6 is 11.6 Å². The van der Waals surface area contributed by atoms with Crippen molar-refractivity contribution in [3.8, 4) is 0 Å². The average molecular weight is 451 g/mol. The van der Waals surface area contributed by atoms with Gasteiger partial charge in [0.25, 0.3) is 0 Å². The predicted octanol–water partition coefficient (Wildman–Crippen LogP) is 6.24. The Morgan fingerprint density at radius 2 is 1.65 bits per heavy atom. The standard InChI is InChI=1S/C23H28ClFN2O4/c1-22(2,3)30-20(28)26-11-7-8-14(12-26)16-13-27(21(29)31-23(4,5)6)19-15(16)9-10-17(25)18(19)24/h8-10,13H,7,11-12H2,1-6H3. The molecule has 0 aliphatic carbocycles. The van der Waals surface area contributed by atoms with Gasteiger partial charge in [-0.05, 0) is 65.7 Å². The molecule has 1 aromatic heterocycles. The van der Waals surface area contributed by atoms with Gasteiger partial charge in [-0.3, -0.25) is 4.57 Å². The van der Waals surface area contributed by atoms with E-state index in [4.69, 9.17) is 21.1 Å². The molecule has 0 bridgehead atoms. The smallest absolute Gasteiger partial charge is 0.419 e. The molecule has 8 heteroatoms. The normalized spacial score (nSPS) is 15.1. The van der Waals surface area contributed by atoms with Crippen LogP contribution in [-0.2, 0) is 9.47 Å². The third kappa shape index (κ3) is 5.21. The molecule has 0 spiro atoms. The lowest BCUT2D eigenvalue weighted by atomic mass is 10.0. The second-order valence-electron chi connectivity index (χ2n) is 9.57. The molecule has 6 nitrogen and oxygen atoms in total. The lowest BCUT2D eigenvalue weighted by Gasteiger charge is -2.30. The first-order valence-corrected chi connectivity index (χ1v) is 10.5. The predicted molar refractivity (Wildman–Crippen MR) is 119 cm³/mol. The molecular formula is C23H28ClFN2O4. The number of fused-ring (bicyclic) bond motifs is 1. The summed E-state index contributed by atoms with van der Waals surface area (Å²) in [7, 11) is 0. The summed E-state index contributed by atoms with van der Waals surface area (Å²) in [5.74, 6) is -0.628. The van der Waals surface area contributed by atoms with Crippen LogP contribution in [-0.4, -0.2) is 45.9 Å². The SMILES string of the molecule is CC(C)(C)OC(=O)N1CCC=C(c2cn(C(=O)OC(C)(C)C)c3c(Cl)c(F)ccc23)C1. The third-order valence-electron chi connectivity index (χ3n) is 4.60. The number of carbonyl (C=O) groups is 2. The van der Waals surface area contributed by atoms with Crippen LogP contribution in [0.2, 0.25) is 5.02 Å². The molecule has 31 heavy (non-hydrogen) atoms. The first-order valence-electron chi connectivity index (χ1n) is 10.2. The number of halogens is 2. The summed E-state index contributed by atoms with van der Waals surface area (Å²) in [6.45, 7) is 11.5. The van der Waals surface area contributed by atoms with E-state index in [1.807, 2.05) is 26.8 Å². The molecular weight excluding hydrogens is 423 g/mol. The zero-order chi connectivity index (χ0) is 23.1. The van der Waals surface area contributed by atoms with Crippen LogP contribution in [0.25, 0.3) is 16.5 Å². The quantitative estimate of drug-likeness (QED) is 0.515. The Hall–Kier alpha value is -2.54. The van der Waals surface area contributed by atoms with E-state index < -0.39 is 29.2 Å². The summed E-state index contributed by atoms with van der Waals surface area (Å²) < 4.78 is 26.4. The molecule has 0 fully saturated rings. The number of hydrogen-bond acceptors (Lipinski definition) is 4. The molecule has 0 saturated heterocycles. The topological polar surface area (TPSA) is 60.8 Å². The van der Waals surface area contributed by atoms with Crippen LogP contribution in [0.4, 0.5) is 14.0 Å². The Balaban J connectivity index is 2.03. The Morgan fingerprint density at radius 3 is 2.26 bits per heavy atom. The Kier molecular flexibility index (Phi) is 6.11. The van der Waals surface area contributed by atoms with Gasteiger partial charge in [0.1, 0.15) is 22.0 Å². The van der Waals surface area contributed by atoms with Crippen LogP contribution in [0.1, 0.15) is 53.5 Å². The van der Waals surface area contributed by atoms with Crippen molar-refractivity contribution in [2.24, 2.45) is 0 Å². The third-order valence-corrected chi connectivity index (χ3v) is 4.96. The Bertz CT molecular complexity index is 1060. The highest BCUT2D eigenvalue weighted by Gasteiger charge is 2.28. The first-order chi connectivity index (χ1) is 14.3. The van der Waals surface area contributed by atoms with E-state index in [0.717, 1.165) is 5.57 Å². The van der Waals surface area contributed by atoms with Crippen molar-refractivity contribution in [3.05, 3.63) is 40.8 Å². The van der Waals surface area contributed by atoms with Gasteiger partial charge in [0.15, 0.2) is 0 Å². The number of aromatic nitrogens is 1. The van der Waals surface area contributed by atoms with E-state index in [-0.39, 0.29) is 10.5 Å². The molecule has 2 heterocycles. The minimum atomic E-state index is -0.731. The minimum Gasteiger partial charge on any atom is -0.444 e. The number of rotatable bonds is 1. The fraction of sp³-hybridized carbons (Fsp3) is 0.478. The maximum absolute atomic E-state index is 14.2. The van der Waals surface area contributed by atoms with Crippen molar-refractivity contribution in [2.75, 3.05) is 13.1 Å². The van der Waals surface area contributed by atoms with Crippen LogP contribution in [0.5, 0.6) is 0 Å². The van der Waals surface area contributed by atoms with E-state index in [1.54, 1.807) is 37.9 Å². The Morgan fingerprint density at radius 1 is 1.03 bits per heavy atom. The van der Waals surface area contributed by atoms with Crippen LogP contribution in [0.15, 0.2) is 24.4 Å². The van der Waals surface area contributed by atoms with Gasteiger partial charge in [0, 0.05) is 30.2 Å². The van der Waals surface area contributed by atoms with Crippen molar-refractivity contribution in [1.29, 1.82) is 0 Å². The van der Waals surface area contributed by atoms with Gasteiger partial charge in [-0.1, -0.05) is 17.7 Å². The van der Waals surface area contributed by atoms with Gasteiger partial charge in [0.05, 0.1) is 5.52 Å². The van der Waals surface area contributed by atoms with Crippen molar-refractivity contribution in [2.45, 2.75) is 59.2 Å². The van der Waals surface area contributed by atoms with Gasteiger partial charge >= 0.3 is 12.2 Å². The van der Waals surface area contributed by atoms with Gasteiger partial charge in [-0.2, -0.15) is 0 Å². The number of hydrogen-bond donors (Lipinski definition) is 0. The molecule has 168 valence electrons. The molecule has 1 aliphatic rings. The van der Waals surface area contributed by atoms with E-state index in [1.165, 1.54) is 10.6 Å². The molecule has 0 radical (unpaired) electrons. The monoisotopic (exact) mass is 450 g/mol. The number of benzene rings is 1. The van der Waals surface area contributed by atoms with E-state index in [0.29, 0.717) is 30.5 Å². The van der Waals surface area contributed by atoms with Crippen LogP contribution in [0, 0.1) is 5.82 Å². The highest BCUT2D eigenvalue weighted by Crippen LogP contribution is 2.35. The summed E-state index contributed by atoms with van der Waals surface area (Å²) >= 11 is 6.24. The second-order valence-corrected chi connectivity index (χ2v) is 9.95. The fourth-order valence-corrected chi connectivity index (χ4v) is 3.64. The molecule has 1 amide bonds. The summed E-state index contributed by atoms with van der Waals surface area (Å²) in [5, 5.41) is 0.449. The van der Waals surface area contributed by atoms with Crippen molar-refractivity contribution < 1.29 is 23.5 Å². The highest BCUT2D eigenvalue weighted by molar-refractivity contribution is 6.36. The zero-order valence-corrected chi connectivity index (χ0v) is 19.5. The summed E-state index contributed by atoms with van der Waals surface area (Å²) in [6.07, 6.45) is 3.17. The van der Waals surface area contributed by atoms with Gasteiger partial charge < -0.3 is 14.4 Å². The number of amides is 1. The highest BCUT2D eigenvalue weighted by atomic mass is 35.5. The number of nitrogens with zero attached hydrogens (tertiary/aromatic N) is 2. The lowest BCUT2D eigenvalue weighted by Crippen LogP contribution is -2.39. The molecule has 0 unspecified atom stereocenters. The van der Waals surface area contributed by atoms with E-state index in [2.05, 4.69) is 0 Å². The summed E-state index contributed by atoms with van der Waals surface area (Å²) in [6, 6.07) is 2.85. The van der Waals surface area contributed by atoms with Crippen molar-refractivity contribution >= 4 is 40.3 Å².